The molecule has 148 valence electrons. The average Bonchev–Trinajstić information content (AvgIpc) is 3.43. The third-order valence-electron chi connectivity index (χ3n) is 4.63. The minimum Gasteiger partial charge on any atom is -0.268 e. The normalized spacial score (nSPS) is 15.2. The summed E-state index contributed by atoms with van der Waals surface area (Å²) < 4.78 is 31.5. The number of nitrogens with zero attached hydrogens (tertiary/aromatic N) is 4. The zero-order chi connectivity index (χ0) is 19.6. The molecular weight excluding hydrogens is 414 g/mol. The zero-order valence-corrected chi connectivity index (χ0v) is 17.9. The Balaban J connectivity index is 1.71. The van der Waals surface area contributed by atoms with Crippen LogP contribution in [0.2, 0.25) is 0 Å². The highest BCUT2D eigenvalue weighted by molar-refractivity contribution is 8.01. The van der Waals surface area contributed by atoms with E-state index in [1.54, 1.807) is 6.20 Å². The van der Waals surface area contributed by atoms with Gasteiger partial charge in [0.15, 0.2) is 4.34 Å². The molecule has 2 aromatic heterocycles. The summed E-state index contributed by atoms with van der Waals surface area (Å²) in [7, 11) is -3.84. The second-order valence-electron chi connectivity index (χ2n) is 6.54. The van der Waals surface area contributed by atoms with Crippen molar-refractivity contribution in [3.8, 4) is 11.3 Å². The first kappa shape index (κ1) is 19.4. The van der Waals surface area contributed by atoms with Crippen LogP contribution in [0.5, 0.6) is 0 Å². The van der Waals surface area contributed by atoms with E-state index in [4.69, 9.17) is 0 Å². The van der Waals surface area contributed by atoms with Gasteiger partial charge in [-0.05, 0) is 18.6 Å². The van der Waals surface area contributed by atoms with Crippen molar-refractivity contribution in [2.75, 3.05) is 10.5 Å². The fourth-order valence-corrected chi connectivity index (χ4v) is 6.36. The van der Waals surface area contributed by atoms with Gasteiger partial charge in [0.1, 0.15) is 10.6 Å². The molecule has 1 fully saturated rings. The Morgan fingerprint density at radius 3 is 2.68 bits per heavy atom. The molecular formula is C18H21N5O2S3. The van der Waals surface area contributed by atoms with Gasteiger partial charge >= 0.3 is 0 Å². The fraction of sp³-hybridized carbons (Fsp3) is 0.389. The zero-order valence-electron chi connectivity index (χ0n) is 15.4. The molecule has 0 aliphatic heterocycles. The summed E-state index contributed by atoms with van der Waals surface area (Å²) in [5.74, 6) is 0.855. The van der Waals surface area contributed by atoms with Crippen molar-refractivity contribution in [3.05, 3.63) is 36.5 Å². The molecule has 10 heteroatoms. The lowest BCUT2D eigenvalue weighted by molar-refractivity contribution is 0.467. The summed E-state index contributed by atoms with van der Waals surface area (Å²) in [4.78, 5) is 0.172. The number of benzene rings is 1. The summed E-state index contributed by atoms with van der Waals surface area (Å²) in [5.41, 5.74) is 1.24. The molecule has 1 aliphatic rings. The quantitative estimate of drug-likeness (QED) is 0.552. The Bertz CT molecular complexity index is 1040. The third kappa shape index (κ3) is 4.08. The molecule has 4 rings (SSSR count). The van der Waals surface area contributed by atoms with Crippen molar-refractivity contribution in [2.45, 2.75) is 47.9 Å². The van der Waals surface area contributed by atoms with E-state index in [9.17, 15) is 8.42 Å². The molecule has 0 amide bonds. The lowest BCUT2D eigenvalue weighted by atomic mass is 10.2. The van der Waals surface area contributed by atoms with Crippen molar-refractivity contribution in [1.82, 2.24) is 20.0 Å². The van der Waals surface area contributed by atoms with E-state index in [-0.39, 0.29) is 16.1 Å². The van der Waals surface area contributed by atoms with Crippen LogP contribution in [0.25, 0.3) is 11.3 Å². The first-order valence-electron chi connectivity index (χ1n) is 9.20. The first-order valence-corrected chi connectivity index (χ1v) is 12.5. The van der Waals surface area contributed by atoms with Crippen molar-refractivity contribution < 1.29 is 8.42 Å². The smallest absolute Gasteiger partial charge is 0.267 e. The number of nitrogens with one attached hydrogen (secondary N) is 1. The van der Waals surface area contributed by atoms with Crippen LogP contribution >= 0.6 is 23.1 Å². The molecule has 0 unspecified atom stereocenters. The summed E-state index contributed by atoms with van der Waals surface area (Å²) in [6.07, 6.45) is 6.00. The van der Waals surface area contributed by atoms with Gasteiger partial charge in [-0.3, -0.25) is 9.40 Å². The summed E-state index contributed by atoms with van der Waals surface area (Å²) >= 11 is 2.77. The lowest BCUT2D eigenvalue weighted by Crippen LogP contribution is -2.13. The largest absolute Gasteiger partial charge is 0.268 e. The van der Waals surface area contributed by atoms with E-state index in [0.29, 0.717) is 5.69 Å². The summed E-state index contributed by atoms with van der Waals surface area (Å²) in [6, 6.07) is 9.67. The van der Waals surface area contributed by atoms with Crippen LogP contribution in [0.4, 0.5) is 5.13 Å². The van der Waals surface area contributed by atoms with Gasteiger partial charge in [-0.25, -0.2) is 8.42 Å². The minimum atomic E-state index is -3.84. The van der Waals surface area contributed by atoms with E-state index in [2.05, 4.69) is 20.0 Å². The highest BCUT2D eigenvalue weighted by Crippen LogP contribution is 2.34. The maximum atomic E-state index is 13.2. The van der Waals surface area contributed by atoms with Crippen LogP contribution < -0.4 is 4.72 Å². The van der Waals surface area contributed by atoms with E-state index < -0.39 is 10.0 Å². The molecule has 1 N–H and O–H groups in total. The number of hydrogen-bond donors (Lipinski definition) is 1. The van der Waals surface area contributed by atoms with E-state index in [0.717, 1.165) is 41.3 Å². The first-order chi connectivity index (χ1) is 13.6. The van der Waals surface area contributed by atoms with E-state index in [1.165, 1.54) is 23.1 Å². The molecule has 0 saturated heterocycles. The Hall–Kier alpha value is -1.91. The van der Waals surface area contributed by atoms with Gasteiger partial charge in [0.2, 0.25) is 5.13 Å². The van der Waals surface area contributed by atoms with Gasteiger partial charge in [-0.2, -0.15) is 5.10 Å². The van der Waals surface area contributed by atoms with Crippen LogP contribution in [0, 0.1) is 0 Å². The molecule has 1 aliphatic carbocycles. The Morgan fingerprint density at radius 2 is 1.96 bits per heavy atom. The standard InChI is InChI=1S/C18H21N5O2S3/c1-2-26-18-20-19-17(27-18)22-28(24,25)15-12-23(14-10-6-7-11-14)21-16(15)13-8-4-3-5-9-13/h3-5,8-9,12,14H,2,6-7,10-11H2,1H3,(H,19,22). The molecule has 2 heterocycles. The summed E-state index contributed by atoms with van der Waals surface area (Å²) in [5, 5.41) is 12.9. The average molecular weight is 436 g/mol. The maximum absolute atomic E-state index is 13.2. The number of thioether (sulfide) groups is 1. The third-order valence-corrected chi connectivity index (χ3v) is 7.95. The van der Waals surface area contributed by atoms with Gasteiger partial charge in [-0.15, -0.1) is 10.2 Å². The second-order valence-corrected chi connectivity index (χ2v) is 10.7. The monoisotopic (exact) mass is 435 g/mol. The SMILES string of the molecule is CCSc1nnc(NS(=O)(=O)c2cn(C3CCCC3)nc2-c2ccccc2)s1. The predicted octanol–water partition coefficient (Wildman–Crippen LogP) is 4.43. The number of rotatable bonds is 7. The highest BCUT2D eigenvalue weighted by atomic mass is 32.2. The Labute approximate surface area is 172 Å². The van der Waals surface area contributed by atoms with Crippen LogP contribution in [0.1, 0.15) is 38.6 Å². The van der Waals surface area contributed by atoms with Crippen LogP contribution in [0.3, 0.4) is 0 Å². The van der Waals surface area contributed by atoms with Crippen LogP contribution in [-0.4, -0.2) is 34.1 Å². The van der Waals surface area contributed by atoms with Crippen LogP contribution in [0.15, 0.2) is 45.8 Å². The molecule has 1 aromatic carbocycles. The topological polar surface area (TPSA) is 89.8 Å². The number of anilines is 1. The molecule has 7 nitrogen and oxygen atoms in total. The highest BCUT2D eigenvalue weighted by Gasteiger charge is 2.28. The maximum Gasteiger partial charge on any atom is 0.267 e. The van der Waals surface area contributed by atoms with Crippen LogP contribution in [-0.2, 0) is 10.0 Å². The van der Waals surface area contributed by atoms with E-state index in [1.807, 2.05) is 41.9 Å². The molecule has 28 heavy (non-hydrogen) atoms. The molecule has 3 aromatic rings. The van der Waals surface area contributed by atoms with Gasteiger partial charge in [0.05, 0.1) is 6.04 Å². The van der Waals surface area contributed by atoms with Gasteiger partial charge in [0, 0.05) is 11.8 Å². The predicted molar refractivity (Wildman–Crippen MR) is 112 cm³/mol. The molecule has 1 saturated carbocycles. The van der Waals surface area contributed by atoms with Crippen molar-refractivity contribution >= 4 is 38.3 Å². The van der Waals surface area contributed by atoms with Gasteiger partial charge < -0.3 is 0 Å². The van der Waals surface area contributed by atoms with Gasteiger partial charge in [0.25, 0.3) is 10.0 Å². The molecule has 0 radical (unpaired) electrons. The Morgan fingerprint density at radius 1 is 1.21 bits per heavy atom. The van der Waals surface area contributed by atoms with Gasteiger partial charge in [-0.1, -0.05) is 73.2 Å². The van der Waals surface area contributed by atoms with Crippen molar-refractivity contribution in [3.63, 3.8) is 0 Å². The Kier molecular flexibility index (Phi) is 5.70. The van der Waals surface area contributed by atoms with Crippen molar-refractivity contribution in [1.29, 1.82) is 0 Å². The lowest BCUT2D eigenvalue weighted by Gasteiger charge is -2.08. The fourth-order valence-electron chi connectivity index (χ4n) is 3.33. The number of sulfonamides is 1. The molecule has 0 bridgehead atoms. The minimum absolute atomic E-state index is 0.172. The molecule has 0 spiro atoms. The molecule has 0 atom stereocenters. The van der Waals surface area contributed by atoms with E-state index >= 15 is 0 Å². The second kappa shape index (κ2) is 8.22. The van der Waals surface area contributed by atoms with Crippen molar-refractivity contribution in [2.24, 2.45) is 0 Å². The number of hydrogen-bond acceptors (Lipinski definition) is 7. The number of aromatic nitrogens is 4. The summed E-state index contributed by atoms with van der Waals surface area (Å²) in [6.45, 7) is 2.01.